The van der Waals surface area contributed by atoms with Crippen LogP contribution in [0.3, 0.4) is 0 Å². The molecular formula is C16H26N6O3. The van der Waals surface area contributed by atoms with Gasteiger partial charge < -0.3 is 20.3 Å². The third-order valence-electron chi connectivity index (χ3n) is 4.72. The molecule has 0 radical (unpaired) electrons. The Morgan fingerprint density at radius 1 is 1.16 bits per heavy atom. The SMILES string of the molecule is CC1CCCN(c2nc(N3CC(C)OC(C)C3)nc(N)c2[N+](=O)[O-])C1. The van der Waals surface area contributed by atoms with Gasteiger partial charge in [-0.15, -0.1) is 0 Å². The molecule has 2 N–H and O–H groups in total. The van der Waals surface area contributed by atoms with Crippen LogP contribution in [0, 0.1) is 16.0 Å². The van der Waals surface area contributed by atoms with Gasteiger partial charge in [-0.05, 0) is 32.6 Å². The van der Waals surface area contributed by atoms with Crippen LogP contribution in [0.4, 0.5) is 23.3 Å². The average Bonchev–Trinajstić information content (AvgIpc) is 2.52. The topological polar surface area (TPSA) is 111 Å². The normalized spacial score (nSPS) is 27.4. The predicted octanol–water partition coefficient (Wildman–Crippen LogP) is 1.82. The third kappa shape index (κ3) is 3.76. The van der Waals surface area contributed by atoms with Crippen LogP contribution >= 0.6 is 0 Å². The van der Waals surface area contributed by atoms with E-state index in [1.54, 1.807) is 0 Å². The van der Waals surface area contributed by atoms with Gasteiger partial charge in [0.15, 0.2) is 0 Å². The summed E-state index contributed by atoms with van der Waals surface area (Å²) >= 11 is 0. The molecule has 2 saturated heterocycles. The summed E-state index contributed by atoms with van der Waals surface area (Å²) in [5.74, 6) is 1.18. The van der Waals surface area contributed by atoms with E-state index < -0.39 is 4.92 Å². The first kappa shape index (κ1) is 17.7. The highest BCUT2D eigenvalue weighted by molar-refractivity contribution is 5.71. The molecule has 3 unspecified atom stereocenters. The second-order valence-electron chi connectivity index (χ2n) is 7.19. The maximum atomic E-state index is 11.5. The molecule has 9 heteroatoms. The highest BCUT2D eigenvalue weighted by Crippen LogP contribution is 2.35. The van der Waals surface area contributed by atoms with Crippen LogP contribution in [0.15, 0.2) is 0 Å². The van der Waals surface area contributed by atoms with Crippen molar-refractivity contribution >= 4 is 23.3 Å². The van der Waals surface area contributed by atoms with Gasteiger partial charge in [-0.1, -0.05) is 6.92 Å². The molecule has 1 aromatic rings. The fourth-order valence-electron chi connectivity index (χ4n) is 3.71. The van der Waals surface area contributed by atoms with Crippen LogP contribution in [-0.2, 0) is 4.74 Å². The number of nitrogen functional groups attached to an aromatic ring is 1. The first-order valence-electron chi connectivity index (χ1n) is 8.82. The van der Waals surface area contributed by atoms with E-state index in [-0.39, 0.29) is 23.7 Å². The number of hydrogen-bond acceptors (Lipinski definition) is 8. The molecule has 3 heterocycles. The number of piperidine rings is 1. The van der Waals surface area contributed by atoms with Crippen LogP contribution < -0.4 is 15.5 Å². The van der Waals surface area contributed by atoms with E-state index in [4.69, 9.17) is 10.5 Å². The number of ether oxygens (including phenoxy) is 1. The number of aromatic nitrogens is 2. The van der Waals surface area contributed by atoms with Crippen LogP contribution in [0.5, 0.6) is 0 Å². The Morgan fingerprint density at radius 3 is 2.44 bits per heavy atom. The third-order valence-corrected chi connectivity index (χ3v) is 4.72. The summed E-state index contributed by atoms with van der Waals surface area (Å²) in [6.45, 7) is 8.89. The van der Waals surface area contributed by atoms with Crippen molar-refractivity contribution in [3.63, 3.8) is 0 Å². The number of nitrogens with zero attached hydrogens (tertiary/aromatic N) is 5. The van der Waals surface area contributed by atoms with Gasteiger partial charge in [0.1, 0.15) is 0 Å². The highest BCUT2D eigenvalue weighted by Gasteiger charge is 2.32. The zero-order valence-electron chi connectivity index (χ0n) is 15.0. The Kier molecular flexibility index (Phi) is 4.94. The van der Waals surface area contributed by atoms with Gasteiger partial charge in [0, 0.05) is 26.2 Å². The fourth-order valence-corrected chi connectivity index (χ4v) is 3.71. The lowest BCUT2D eigenvalue weighted by Crippen LogP contribution is -2.46. The molecule has 2 aliphatic rings. The minimum Gasteiger partial charge on any atom is -0.378 e. The molecule has 2 aliphatic heterocycles. The van der Waals surface area contributed by atoms with Gasteiger partial charge in [0.25, 0.3) is 0 Å². The van der Waals surface area contributed by atoms with E-state index in [9.17, 15) is 10.1 Å². The van der Waals surface area contributed by atoms with E-state index in [1.165, 1.54) is 0 Å². The Labute approximate surface area is 147 Å². The monoisotopic (exact) mass is 350 g/mol. The first-order valence-corrected chi connectivity index (χ1v) is 8.82. The molecule has 1 aromatic heterocycles. The zero-order chi connectivity index (χ0) is 18.1. The molecule has 25 heavy (non-hydrogen) atoms. The lowest BCUT2D eigenvalue weighted by atomic mass is 10.0. The van der Waals surface area contributed by atoms with Crippen molar-refractivity contribution in [1.82, 2.24) is 9.97 Å². The quantitative estimate of drug-likeness (QED) is 0.649. The smallest absolute Gasteiger partial charge is 0.353 e. The molecule has 0 spiro atoms. The van der Waals surface area contributed by atoms with Crippen molar-refractivity contribution in [2.45, 2.75) is 45.8 Å². The number of nitro groups is 1. The Bertz CT molecular complexity index is 645. The van der Waals surface area contributed by atoms with Crippen molar-refractivity contribution in [3.8, 4) is 0 Å². The summed E-state index contributed by atoms with van der Waals surface area (Å²) in [7, 11) is 0. The van der Waals surface area contributed by atoms with Gasteiger partial charge in [-0.2, -0.15) is 9.97 Å². The number of rotatable bonds is 3. The van der Waals surface area contributed by atoms with Crippen LogP contribution in [0.1, 0.15) is 33.6 Å². The fraction of sp³-hybridized carbons (Fsp3) is 0.750. The summed E-state index contributed by atoms with van der Waals surface area (Å²) in [6, 6.07) is 0. The predicted molar refractivity (Wildman–Crippen MR) is 95.9 cm³/mol. The van der Waals surface area contributed by atoms with Crippen molar-refractivity contribution in [3.05, 3.63) is 10.1 Å². The number of hydrogen-bond donors (Lipinski definition) is 1. The molecule has 0 bridgehead atoms. The molecule has 0 saturated carbocycles. The lowest BCUT2D eigenvalue weighted by molar-refractivity contribution is -0.383. The Hall–Kier alpha value is -2.16. The van der Waals surface area contributed by atoms with Crippen LogP contribution in [-0.4, -0.2) is 53.3 Å². The largest absolute Gasteiger partial charge is 0.378 e. The molecule has 0 amide bonds. The first-order chi connectivity index (χ1) is 11.8. The molecule has 0 aliphatic carbocycles. The minimum absolute atomic E-state index is 0.0437. The maximum Gasteiger partial charge on any atom is 0.353 e. The standard InChI is InChI=1S/C16H26N6O3/c1-10-5-4-6-20(7-10)15-13(22(23)24)14(17)18-16(19-15)21-8-11(2)25-12(3)9-21/h10-12H,4-9H2,1-3H3,(H2,17,18,19). The van der Waals surface area contributed by atoms with Gasteiger partial charge >= 0.3 is 5.69 Å². The second kappa shape index (κ2) is 6.99. The summed E-state index contributed by atoms with van der Waals surface area (Å²) in [6.07, 6.45) is 2.20. The highest BCUT2D eigenvalue weighted by atomic mass is 16.6. The van der Waals surface area contributed by atoms with Gasteiger partial charge in [-0.3, -0.25) is 10.1 Å². The van der Waals surface area contributed by atoms with E-state index in [0.717, 1.165) is 25.9 Å². The van der Waals surface area contributed by atoms with Crippen LogP contribution in [0.2, 0.25) is 0 Å². The van der Waals surface area contributed by atoms with E-state index in [1.807, 2.05) is 23.6 Å². The number of nitrogens with two attached hydrogens (primary N) is 1. The van der Waals surface area contributed by atoms with E-state index in [0.29, 0.717) is 30.8 Å². The van der Waals surface area contributed by atoms with Crippen molar-refractivity contribution in [2.24, 2.45) is 5.92 Å². The van der Waals surface area contributed by atoms with Gasteiger partial charge in [0.2, 0.25) is 17.6 Å². The van der Waals surface area contributed by atoms with Gasteiger partial charge in [0.05, 0.1) is 17.1 Å². The summed E-state index contributed by atoms with van der Waals surface area (Å²) in [4.78, 5) is 23.8. The molecule has 9 nitrogen and oxygen atoms in total. The van der Waals surface area contributed by atoms with Crippen molar-refractivity contribution in [1.29, 1.82) is 0 Å². The Morgan fingerprint density at radius 2 is 1.84 bits per heavy atom. The molecular weight excluding hydrogens is 324 g/mol. The molecule has 138 valence electrons. The molecule has 2 fully saturated rings. The number of morpholine rings is 1. The molecule has 3 rings (SSSR count). The maximum absolute atomic E-state index is 11.5. The zero-order valence-corrected chi connectivity index (χ0v) is 15.0. The number of anilines is 3. The molecule has 0 aromatic carbocycles. The van der Waals surface area contributed by atoms with Crippen molar-refractivity contribution in [2.75, 3.05) is 41.7 Å². The van der Waals surface area contributed by atoms with E-state index in [2.05, 4.69) is 16.9 Å². The van der Waals surface area contributed by atoms with Gasteiger partial charge in [-0.25, -0.2) is 0 Å². The summed E-state index contributed by atoms with van der Waals surface area (Å²) in [5.41, 5.74) is 5.78. The summed E-state index contributed by atoms with van der Waals surface area (Å²) < 4.78 is 5.74. The van der Waals surface area contributed by atoms with E-state index >= 15 is 0 Å². The second-order valence-corrected chi connectivity index (χ2v) is 7.19. The Balaban J connectivity index is 1.99. The average molecular weight is 350 g/mol. The molecule has 3 atom stereocenters. The van der Waals surface area contributed by atoms with Crippen molar-refractivity contribution < 1.29 is 9.66 Å². The lowest BCUT2D eigenvalue weighted by Gasteiger charge is -2.36. The van der Waals surface area contributed by atoms with Crippen LogP contribution in [0.25, 0.3) is 0 Å². The minimum atomic E-state index is -0.474. The summed E-state index contributed by atoms with van der Waals surface area (Å²) in [5, 5.41) is 11.5.